The molecular weight excluding hydrogens is 162 g/mol. The van der Waals surface area contributed by atoms with Crippen molar-refractivity contribution in [1.82, 2.24) is 0 Å². The van der Waals surface area contributed by atoms with E-state index in [-0.39, 0.29) is 5.70 Å². The molecule has 0 aliphatic rings. The number of hydrogen-bond acceptors (Lipinski definition) is 4. The van der Waals surface area contributed by atoms with Gasteiger partial charge in [0.1, 0.15) is 6.07 Å². The number of hydrogen-bond donors (Lipinski definition) is 3. The Balaban J connectivity index is 4.76. The molecule has 0 aromatic rings. The van der Waals surface area contributed by atoms with Gasteiger partial charge in [-0.25, -0.2) is 4.79 Å². The van der Waals surface area contributed by atoms with Gasteiger partial charge in [0.05, 0.1) is 6.42 Å². The maximum atomic E-state index is 10.3. The summed E-state index contributed by atoms with van der Waals surface area (Å²) in [5.41, 5.74) is 8.87. The third-order valence-corrected chi connectivity index (χ3v) is 1.01. The van der Waals surface area contributed by atoms with Crippen molar-refractivity contribution in [2.75, 3.05) is 0 Å². The van der Waals surface area contributed by atoms with Crippen LogP contribution in [-0.2, 0) is 9.59 Å². The van der Waals surface area contributed by atoms with E-state index in [9.17, 15) is 9.59 Å². The normalized spacial score (nSPS) is 11.2. The Hall–Kier alpha value is -2.03. The average molecular weight is 169 g/mol. The molecule has 12 heavy (non-hydrogen) atoms. The fourth-order valence-electron chi connectivity index (χ4n) is 0.533. The minimum absolute atomic E-state index is 0.322. The number of nitriles is 1. The lowest BCUT2D eigenvalue weighted by Gasteiger charge is -1.97. The molecule has 0 heterocycles. The first-order valence-electron chi connectivity index (χ1n) is 2.89. The number of nitrogens with two attached hydrogens (primary N) is 2. The predicted octanol–water partition coefficient (Wildman–Crippen LogP) is -1.32. The molecule has 0 fully saturated rings. The Morgan fingerprint density at radius 1 is 1.42 bits per heavy atom. The third kappa shape index (κ3) is 2.70. The molecule has 0 aromatic carbocycles. The molecule has 0 aliphatic carbocycles. The summed E-state index contributed by atoms with van der Waals surface area (Å²) in [5.74, 6) is -2.24. The van der Waals surface area contributed by atoms with Crippen LogP contribution in [0.3, 0.4) is 0 Å². The van der Waals surface area contributed by atoms with Crippen molar-refractivity contribution in [1.29, 1.82) is 5.26 Å². The molecule has 6 heteroatoms. The Bertz CT molecular complexity index is 287. The summed E-state index contributed by atoms with van der Waals surface area (Å²) >= 11 is 0. The Kier molecular flexibility index (Phi) is 3.30. The van der Waals surface area contributed by atoms with E-state index in [2.05, 4.69) is 0 Å². The van der Waals surface area contributed by atoms with Gasteiger partial charge in [-0.05, 0) is 0 Å². The number of carboxylic acid groups (broad SMARTS) is 1. The highest BCUT2D eigenvalue weighted by Gasteiger charge is 2.12. The molecule has 0 aromatic heterocycles. The van der Waals surface area contributed by atoms with Crippen LogP contribution in [0.25, 0.3) is 0 Å². The standard InChI is InChI=1S/C6H7N3O3/c7-2-3(6(11)12)4(8)1-5(9)10/h1,8H2,(H2,9,10)(H,11,12)/b4-3+. The maximum Gasteiger partial charge on any atom is 0.348 e. The molecular formula is C6H7N3O3. The summed E-state index contributed by atoms with van der Waals surface area (Å²) < 4.78 is 0. The summed E-state index contributed by atoms with van der Waals surface area (Å²) in [5, 5.41) is 16.6. The van der Waals surface area contributed by atoms with Gasteiger partial charge in [0.15, 0.2) is 5.57 Å². The number of carbonyl (C=O) groups is 2. The second kappa shape index (κ2) is 3.98. The Morgan fingerprint density at radius 2 is 1.92 bits per heavy atom. The van der Waals surface area contributed by atoms with Crippen molar-refractivity contribution in [3.63, 3.8) is 0 Å². The first kappa shape index (κ1) is 9.97. The molecule has 0 saturated carbocycles. The zero-order chi connectivity index (χ0) is 9.72. The zero-order valence-corrected chi connectivity index (χ0v) is 6.07. The molecule has 0 atom stereocenters. The van der Waals surface area contributed by atoms with Gasteiger partial charge in [-0.3, -0.25) is 4.79 Å². The largest absolute Gasteiger partial charge is 0.477 e. The molecule has 0 spiro atoms. The second-order valence-electron chi connectivity index (χ2n) is 1.96. The number of amides is 1. The fraction of sp³-hybridized carbons (Fsp3) is 0.167. The molecule has 0 rings (SSSR count). The van der Waals surface area contributed by atoms with Crippen LogP contribution in [0.1, 0.15) is 6.42 Å². The van der Waals surface area contributed by atoms with E-state index < -0.39 is 23.9 Å². The summed E-state index contributed by atoms with van der Waals surface area (Å²) in [4.78, 5) is 20.5. The summed E-state index contributed by atoms with van der Waals surface area (Å²) in [6.45, 7) is 0. The molecule has 64 valence electrons. The van der Waals surface area contributed by atoms with E-state index in [0.717, 1.165) is 0 Å². The number of rotatable bonds is 3. The number of carboxylic acids is 1. The van der Waals surface area contributed by atoms with Crippen LogP contribution < -0.4 is 11.5 Å². The van der Waals surface area contributed by atoms with Crippen LogP contribution in [0.2, 0.25) is 0 Å². The highest BCUT2D eigenvalue weighted by molar-refractivity contribution is 5.93. The van der Waals surface area contributed by atoms with Crippen molar-refractivity contribution in [3.05, 3.63) is 11.3 Å². The van der Waals surface area contributed by atoms with Crippen molar-refractivity contribution in [3.8, 4) is 6.07 Å². The number of carbonyl (C=O) groups excluding carboxylic acids is 1. The van der Waals surface area contributed by atoms with Crippen LogP contribution in [0.15, 0.2) is 11.3 Å². The monoisotopic (exact) mass is 169 g/mol. The summed E-state index contributed by atoms with van der Waals surface area (Å²) in [6, 6.07) is 1.35. The molecule has 0 radical (unpaired) electrons. The smallest absolute Gasteiger partial charge is 0.348 e. The predicted molar refractivity (Wildman–Crippen MR) is 38.3 cm³/mol. The minimum atomic E-state index is -1.46. The molecule has 1 amide bonds. The summed E-state index contributed by atoms with van der Waals surface area (Å²) in [6.07, 6.45) is -0.421. The Labute approximate surface area is 68.1 Å². The van der Waals surface area contributed by atoms with Gasteiger partial charge in [0.25, 0.3) is 0 Å². The molecule has 5 N–H and O–H groups in total. The summed E-state index contributed by atoms with van der Waals surface area (Å²) in [7, 11) is 0. The highest BCUT2D eigenvalue weighted by Crippen LogP contribution is 2.01. The van der Waals surface area contributed by atoms with Crippen molar-refractivity contribution in [2.45, 2.75) is 6.42 Å². The molecule has 0 unspecified atom stereocenters. The molecule has 0 bridgehead atoms. The van der Waals surface area contributed by atoms with Crippen LogP contribution in [0, 0.1) is 11.3 Å². The first-order valence-corrected chi connectivity index (χ1v) is 2.89. The van der Waals surface area contributed by atoms with Crippen molar-refractivity contribution in [2.24, 2.45) is 11.5 Å². The molecule has 0 saturated heterocycles. The van der Waals surface area contributed by atoms with Gasteiger partial charge in [-0.15, -0.1) is 0 Å². The number of aliphatic carboxylic acids is 1. The number of primary amides is 1. The van der Waals surface area contributed by atoms with Crippen LogP contribution in [-0.4, -0.2) is 17.0 Å². The van der Waals surface area contributed by atoms with Crippen molar-refractivity contribution >= 4 is 11.9 Å². The van der Waals surface area contributed by atoms with E-state index >= 15 is 0 Å². The zero-order valence-electron chi connectivity index (χ0n) is 6.07. The highest BCUT2D eigenvalue weighted by atomic mass is 16.4. The van der Waals surface area contributed by atoms with E-state index in [0.29, 0.717) is 0 Å². The lowest BCUT2D eigenvalue weighted by molar-refractivity contribution is -0.132. The van der Waals surface area contributed by atoms with Gasteiger partial charge in [0, 0.05) is 5.70 Å². The maximum absolute atomic E-state index is 10.3. The molecule has 0 aliphatic heterocycles. The fourth-order valence-corrected chi connectivity index (χ4v) is 0.533. The van der Waals surface area contributed by atoms with Gasteiger partial charge >= 0.3 is 5.97 Å². The van der Waals surface area contributed by atoms with Crippen LogP contribution in [0.5, 0.6) is 0 Å². The van der Waals surface area contributed by atoms with Gasteiger partial charge < -0.3 is 16.6 Å². The quantitative estimate of drug-likeness (QED) is 0.356. The number of nitrogens with zero attached hydrogens (tertiary/aromatic N) is 1. The lowest BCUT2D eigenvalue weighted by Crippen LogP contribution is -2.18. The van der Waals surface area contributed by atoms with Crippen LogP contribution in [0.4, 0.5) is 0 Å². The molecule has 6 nitrogen and oxygen atoms in total. The van der Waals surface area contributed by atoms with Gasteiger partial charge in [-0.2, -0.15) is 5.26 Å². The van der Waals surface area contributed by atoms with Crippen LogP contribution >= 0.6 is 0 Å². The van der Waals surface area contributed by atoms with E-state index in [1.807, 2.05) is 0 Å². The third-order valence-electron chi connectivity index (χ3n) is 1.01. The van der Waals surface area contributed by atoms with E-state index in [1.165, 1.54) is 6.07 Å². The SMILES string of the molecule is N#C/C(C(=O)O)=C(\N)CC(N)=O. The topological polar surface area (TPSA) is 130 Å². The minimum Gasteiger partial charge on any atom is -0.477 e. The Morgan fingerprint density at radius 3 is 2.17 bits per heavy atom. The van der Waals surface area contributed by atoms with E-state index in [4.69, 9.17) is 21.8 Å². The van der Waals surface area contributed by atoms with Gasteiger partial charge in [-0.1, -0.05) is 0 Å². The van der Waals surface area contributed by atoms with Gasteiger partial charge in [0.2, 0.25) is 5.91 Å². The lowest BCUT2D eigenvalue weighted by atomic mass is 10.2. The van der Waals surface area contributed by atoms with Crippen molar-refractivity contribution < 1.29 is 14.7 Å². The van der Waals surface area contributed by atoms with E-state index in [1.54, 1.807) is 0 Å². The first-order chi connectivity index (χ1) is 5.49. The average Bonchev–Trinajstić information content (AvgIpc) is 1.85. The second-order valence-corrected chi connectivity index (χ2v) is 1.96.